The monoisotopic (exact) mass is 245 g/mol. The van der Waals surface area contributed by atoms with E-state index in [1.165, 1.54) is 12.8 Å². The molecular weight excluding hydrogens is 218 g/mol. The van der Waals surface area contributed by atoms with Gasteiger partial charge in [-0.3, -0.25) is 4.21 Å². The third kappa shape index (κ3) is 3.07. The van der Waals surface area contributed by atoms with Crippen molar-refractivity contribution < 1.29 is 4.21 Å². The van der Waals surface area contributed by atoms with E-state index in [1.54, 1.807) is 0 Å². The molecule has 0 saturated heterocycles. The minimum absolute atomic E-state index is 0.278. The van der Waals surface area contributed by atoms with E-state index in [-0.39, 0.29) is 10.7 Å². The normalized spacial score (nSPS) is 31.6. The zero-order valence-electron chi connectivity index (χ0n) is 11.4. The van der Waals surface area contributed by atoms with E-state index < -0.39 is 10.8 Å². The van der Waals surface area contributed by atoms with Gasteiger partial charge in [0.15, 0.2) is 0 Å². The molecule has 0 bridgehead atoms. The van der Waals surface area contributed by atoms with Crippen molar-refractivity contribution in [3.8, 4) is 0 Å². The molecule has 0 spiro atoms. The van der Waals surface area contributed by atoms with Gasteiger partial charge in [-0.2, -0.15) is 0 Å². The van der Waals surface area contributed by atoms with Gasteiger partial charge in [0, 0.05) is 22.1 Å². The van der Waals surface area contributed by atoms with E-state index in [1.807, 2.05) is 0 Å². The van der Waals surface area contributed by atoms with Crippen molar-refractivity contribution in [3.63, 3.8) is 0 Å². The Balaban J connectivity index is 2.84. The average Bonchev–Trinajstić information content (AvgIpc) is 2.19. The lowest BCUT2D eigenvalue weighted by atomic mass is 9.73. The van der Waals surface area contributed by atoms with Crippen molar-refractivity contribution in [1.82, 2.24) is 5.32 Å². The number of hydrogen-bond acceptors (Lipinski definition) is 2. The molecule has 0 aliphatic heterocycles. The van der Waals surface area contributed by atoms with Crippen molar-refractivity contribution in [1.29, 1.82) is 0 Å². The number of rotatable bonds is 4. The summed E-state index contributed by atoms with van der Waals surface area (Å²) in [5.74, 6) is 0. The van der Waals surface area contributed by atoms with Crippen LogP contribution in [0.15, 0.2) is 0 Å². The molecule has 1 fully saturated rings. The van der Waals surface area contributed by atoms with Crippen LogP contribution in [-0.2, 0) is 10.8 Å². The third-order valence-corrected chi connectivity index (χ3v) is 5.74. The third-order valence-electron chi connectivity index (χ3n) is 3.71. The SMILES string of the molecule is CCNC1C(S(=O)C(C)C)CCCC1(C)C. The summed E-state index contributed by atoms with van der Waals surface area (Å²) in [5.41, 5.74) is 0.281. The van der Waals surface area contributed by atoms with Gasteiger partial charge in [-0.15, -0.1) is 0 Å². The van der Waals surface area contributed by atoms with E-state index >= 15 is 0 Å². The van der Waals surface area contributed by atoms with Gasteiger partial charge in [0.1, 0.15) is 0 Å². The standard InChI is InChI=1S/C13H27NOS/c1-6-14-12-11(16(15)10(2)3)8-7-9-13(12,4)5/h10-12,14H,6-9H2,1-5H3. The maximum atomic E-state index is 12.3. The lowest BCUT2D eigenvalue weighted by Crippen LogP contribution is -2.54. The zero-order chi connectivity index (χ0) is 12.3. The average molecular weight is 245 g/mol. The van der Waals surface area contributed by atoms with Crippen molar-refractivity contribution in [2.24, 2.45) is 5.41 Å². The summed E-state index contributed by atoms with van der Waals surface area (Å²) >= 11 is 0. The first-order valence-corrected chi connectivity index (χ1v) is 7.80. The summed E-state index contributed by atoms with van der Waals surface area (Å²) in [5, 5.41) is 4.18. The molecule has 0 aromatic rings. The smallest absolute Gasteiger partial charge is 0.0509 e. The van der Waals surface area contributed by atoms with Gasteiger partial charge >= 0.3 is 0 Å². The molecule has 0 aromatic heterocycles. The van der Waals surface area contributed by atoms with Crippen LogP contribution in [0.2, 0.25) is 0 Å². The first kappa shape index (κ1) is 14.2. The maximum Gasteiger partial charge on any atom is 0.0509 e. The van der Waals surface area contributed by atoms with Crippen LogP contribution in [0.3, 0.4) is 0 Å². The molecule has 1 saturated carbocycles. The Kier molecular flexibility index (Phi) is 4.99. The van der Waals surface area contributed by atoms with Crippen LogP contribution in [-0.4, -0.2) is 27.3 Å². The topological polar surface area (TPSA) is 29.1 Å². The van der Waals surface area contributed by atoms with Crippen molar-refractivity contribution in [2.75, 3.05) is 6.54 Å². The summed E-state index contributed by atoms with van der Waals surface area (Å²) < 4.78 is 12.3. The molecule has 0 aromatic carbocycles. The predicted octanol–water partition coefficient (Wildman–Crippen LogP) is 2.70. The van der Waals surface area contributed by atoms with E-state index in [0.29, 0.717) is 11.3 Å². The van der Waals surface area contributed by atoms with Crippen LogP contribution in [0.4, 0.5) is 0 Å². The lowest BCUT2D eigenvalue weighted by molar-refractivity contribution is 0.174. The first-order valence-electron chi connectivity index (χ1n) is 6.53. The Bertz CT molecular complexity index is 250. The fourth-order valence-electron chi connectivity index (χ4n) is 2.81. The van der Waals surface area contributed by atoms with Gasteiger partial charge in [0.25, 0.3) is 0 Å². The Morgan fingerprint density at radius 3 is 2.56 bits per heavy atom. The van der Waals surface area contributed by atoms with Gasteiger partial charge in [-0.1, -0.05) is 41.0 Å². The van der Waals surface area contributed by atoms with Crippen LogP contribution < -0.4 is 5.32 Å². The van der Waals surface area contributed by atoms with Gasteiger partial charge in [-0.25, -0.2) is 0 Å². The Hall–Kier alpha value is 0.110. The molecular formula is C13H27NOS. The summed E-state index contributed by atoms with van der Waals surface area (Å²) in [4.78, 5) is 0. The predicted molar refractivity (Wildman–Crippen MR) is 72.2 cm³/mol. The molecule has 2 nitrogen and oxygen atoms in total. The molecule has 96 valence electrons. The quantitative estimate of drug-likeness (QED) is 0.825. The zero-order valence-corrected chi connectivity index (χ0v) is 12.2. The fraction of sp³-hybridized carbons (Fsp3) is 1.00. The second-order valence-electron chi connectivity index (χ2n) is 5.83. The van der Waals surface area contributed by atoms with Crippen LogP contribution in [0.5, 0.6) is 0 Å². The molecule has 3 heteroatoms. The highest BCUT2D eigenvalue weighted by molar-refractivity contribution is 7.86. The van der Waals surface area contributed by atoms with Crippen molar-refractivity contribution in [3.05, 3.63) is 0 Å². The molecule has 3 atom stereocenters. The van der Waals surface area contributed by atoms with E-state index in [2.05, 4.69) is 39.9 Å². The molecule has 1 N–H and O–H groups in total. The number of nitrogens with one attached hydrogen (secondary N) is 1. The Labute approximate surface area is 103 Å². The van der Waals surface area contributed by atoms with Crippen LogP contribution in [0, 0.1) is 5.41 Å². The highest BCUT2D eigenvalue weighted by Gasteiger charge is 2.41. The van der Waals surface area contributed by atoms with E-state index in [9.17, 15) is 4.21 Å². The molecule has 16 heavy (non-hydrogen) atoms. The maximum absolute atomic E-state index is 12.3. The molecule has 1 rings (SSSR count). The minimum Gasteiger partial charge on any atom is -0.313 e. The van der Waals surface area contributed by atoms with Gasteiger partial charge in [0.05, 0.1) is 5.25 Å². The fourth-order valence-corrected chi connectivity index (χ4v) is 4.64. The second-order valence-corrected chi connectivity index (χ2v) is 8.04. The Morgan fingerprint density at radius 1 is 1.44 bits per heavy atom. The van der Waals surface area contributed by atoms with Gasteiger partial charge in [-0.05, 0) is 24.8 Å². The van der Waals surface area contributed by atoms with Crippen LogP contribution in [0.1, 0.15) is 53.9 Å². The van der Waals surface area contributed by atoms with Crippen molar-refractivity contribution in [2.45, 2.75) is 70.4 Å². The molecule has 1 aliphatic carbocycles. The van der Waals surface area contributed by atoms with E-state index in [0.717, 1.165) is 13.0 Å². The summed E-state index contributed by atoms with van der Waals surface area (Å²) in [6.45, 7) is 11.9. The number of hydrogen-bond donors (Lipinski definition) is 1. The highest BCUT2D eigenvalue weighted by atomic mass is 32.2. The highest BCUT2D eigenvalue weighted by Crippen LogP contribution is 2.38. The molecule has 0 amide bonds. The summed E-state index contributed by atoms with van der Waals surface area (Å²) in [6.07, 6.45) is 3.58. The second kappa shape index (κ2) is 5.63. The molecule has 1 aliphatic rings. The first-order chi connectivity index (χ1) is 7.40. The summed E-state index contributed by atoms with van der Waals surface area (Å²) in [7, 11) is -0.699. The lowest BCUT2D eigenvalue weighted by Gasteiger charge is -2.44. The molecule has 0 radical (unpaired) electrons. The molecule has 3 unspecified atom stereocenters. The minimum atomic E-state index is -0.699. The van der Waals surface area contributed by atoms with E-state index in [4.69, 9.17) is 0 Å². The summed E-state index contributed by atoms with van der Waals surface area (Å²) in [6, 6.07) is 0.412. The van der Waals surface area contributed by atoms with Crippen LogP contribution in [0.25, 0.3) is 0 Å². The largest absolute Gasteiger partial charge is 0.313 e. The van der Waals surface area contributed by atoms with Crippen LogP contribution >= 0.6 is 0 Å². The molecule has 0 heterocycles. The Morgan fingerprint density at radius 2 is 2.06 bits per heavy atom. The van der Waals surface area contributed by atoms with Gasteiger partial charge < -0.3 is 5.32 Å². The van der Waals surface area contributed by atoms with Gasteiger partial charge in [0.2, 0.25) is 0 Å². The van der Waals surface area contributed by atoms with Crippen molar-refractivity contribution >= 4 is 10.8 Å².